The summed E-state index contributed by atoms with van der Waals surface area (Å²) >= 11 is 0. The quantitative estimate of drug-likeness (QED) is 0.918. The molecule has 2 aromatic rings. The molecule has 0 saturated heterocycles. The van der Waals surface area contributed by atoms with Gasteiger partial charge in [-0.1, -0.05) is 12.1 Å². The zero-order chi connectivity index (χ0) is 15.4. The molecule has 5 nitrogen and oxygen atoms in total. The van der Waals surface area contributed by atoms with Crippen LogP contribution < -0.4 is 15.6 Å². The lowest BCUT2D eigenvalue weighted by atomic mass is 10.2. The molecule has 0 spiro atoms. The van der Waals surface area contributed by atoms with E-state index >= 15 is 0 Å². The SMILES string of the molecule is COc1ccc(CNc2cnn(C(C)C)c(=O)c2C)cc1. The van der Waals surface area contributed by atoms with Gasteiger partial charge in [-0.05, 0) is 38.5 Å². The summed E-state index contributed by atoms with van der Waals surface area (Å²) in [7, 11) is 1.64. The van der Waals surface area contributed by atoms with Gasteiger partial charge in [0.25, 0.3) is 5.56 Å². The highest BCUT2D eigenvalue weighted by Gasteiger charge is 2.09. The predicted molar refractivity (Wildman–Crippen MR) is 83.9 cm³/mol. The van der Waals surface area contributed by atoms with Crippen molar-refractivity contribution < 1.29 is 4.74 Å². The number of rotatable bonds is 5. The van der Waals surface area contributed by atoms with Crippen molar-refractivity contribution in [3.8, 4) is 5.75 Å². The molecule has 0 radical (unpaired) electrons. The van der Waals surface area contributed by atoms with Crippen LogP contribution in [0.1, 0.15) is 31.0 Å². The predicted octanol–water partition coefficient (Wildman–Crippen LogP) is 2.75. The molecule has 21 heavy (non-hydrogen) atoms. The minimum Gasteiger partial charge on any atom is -0.497 e. The Hall–Kier alpha value is -2.30. The Morgan fingerprint density at radius 2 is 1.95 bits per heavy atom. The van der Waals surface area contributed by atoms with Gasteiger partial charge in [-0.25, -0.2) is 4.68 Å². The van der Waals surface area contributed by atoms with E-state index in [0.717, 1.165) is 17.0 Å². The fraction of sp³-hybridized carbons (Fsp3) is 0.375. The third-order valence-corrected chi connectivity index (χ3v) is 3.38. The van der Waals surface area contributed by atoms with Gasteiger partial charge in [-0.2, -0.15) is 5.10 Å². The lowest BCUT2D eigenvalue weighted by Crippen LogP contribution is -2.27. The minimum absolute atomic E-state index is 0.0512. The van der Waals surface area contributed by atoms with Crippen LogP contribution in [0.5, 0.6) is 5.75 Å². The Morgan fingerprint density at radius 1 is 1.29 bits per heavy atom. The van der Waals surface area contributed by atoms with Crippen LogP contribution in [-0.4, -0.2) is 16.9 Å². The number of methoxy groups -OCH3 is 1. The first-order chi connectivity index (χ1) is 10.0. The monoisotopic (exact) mass is 287 g/mol. The standard InChI is InChI=1S/C16H21N3O2/c1-11(2)19-16(20)12(3)15(10-18-19)17-9-13-5-7-14(21-4)8-6-13/h5-8,10-11,17H,9H2,1-4H3. The van der Waals surface area contributed by atoms with E-state index in [9.17, 15) is 4.79 Å². The van der Waals surface area contributed by atoms with Crippen LogP contribution in [0.15, 0.2) is 35.3 Å². The molecule has 1 aromatic heterocycles. The number of ether oxygens (including phenoxy) is 1. The summed E-state index contributed by atoms with van der Waals surface area (Å²) in [6, 6.07) is 7.87. The minimum atomic E-state index is -0.0512. The lowest BCUT2D eigenvalue weighted by Gasteiger charge is -2.13. The zero-order valence-corrected chi connectivity index (χ0v) is 12.9. The molecule has 0 bridgehead atoms. The van der Waals surface area contributed by atoms with Crippen molar-refractivity contribution in [2.45, 2.75) is 33.4 Å². The van der Waals surface area contributed by atoms with Crippen LogP contribution in [0.2, 0.25) is 0 Å². The van der Waals surface area contributed by atoms with Gasteiger partial charge in [-0.3, -0.25) is 4.79 Å². The maximum atomic E-state index is 12.2. The van der Waals surface area contributed by atoms with Gasteiger partial charge < -0.3 is 10.1 Å². The second-order valence-electron chi connectivity index (χ2n) is 5.23. The third-order valence-electron chi connectivity index (χ3n) is 3.38. The summed E-state index contributed by atoms with van der Waals surface area (Å²) in [6.07, 6.45) is 1.71. The number of hydrogen-bond donors (Lipinski definition) is 1. The highest BCUT2D eigenvalue weighted by molar-refractivity contribution is 5.47. The van der Waals surface area contributed by atoms with E-state index in [1.807, 2.05) is 45.0 Å². The van der Waals surface area contributed by atoms with Gasteiger partial charge in [0.15, 0.2) is 0 Å². The number of nitrogens with one attached hydrogen (secondary N) is 1. The largest absolute Gasteiger partial charge is 0.497 e. The lowest BCUT2D eigenvalue weighted by molar-refractivity contribution is 0.414. The Kier molecular flexibility index (Phi) is 4.62. The Bertz CT molecular complexity index is 660. The number of nitrogens with zero attached hydrogens (tertiary/aromatic N) is 2. The van der Waals surface area contributed by atoms with Gasteiger partial charge in [0.05, 0.1) is 25.0 Å². The van der Waals surface area contributed by atoms with Crippen LogP contribution in [0, 0.1) is 6.92 Å². The number of benzene rings is 1. The van der Waals surface area contributed by atoms with Crippen LogP contribution >= 0.6 is 0 Å². The second-order valence-corrected chi connectivity index (χ2v) is 5.23. The van der Waals surface area contributed by atoms with Crippen molar-refractivity contribution in [1.29, 1.82) is 0 Å². The second kappa shape index (κ2) is 6.43. The summed E-state index contributed by atoms with van der Waals surface area (Å²) in [4.78, 5) is 12.2. The zero-order valence-electron chi connectivity index (χ0n) is 12.9. The van der Waals surface area contributed by atoms with Crippen LogP contribution in [0.3, 0.4) is 0 Å². The molecule has 0 fully saturated rings. The molecule has 1 heterocycles. The molecule has 2 rings (SSSR count). The van der Waals surface area contributed by atoms with Crippen molar-refractivity contribution in [3.05, 3.63) is 51.9 Å². The first kappa shape index (κ1) is 15.1. The van der Waals surface area contributed by atoms with Gasteiger partial charge in [0.1, 0.15) is 5.75 Å². The fourth-order valence-corrected chi connectivity index (χ4v) is 2.04. The molecule has 0 aliphatic heterocycles. The summed E-state index contributed by atoms with van der Waals surface area (Å²) in [6.45, 7) is 6.34. The normalized spacial score (nSPS) is 10.7. The molecule has 5 heteroatoms. The maximum absolute atomic E-state index is 12.2. The molecule has 0 atom stereocenters. The topological polar surface area (TPSA) is 56.1 Å². The first-order valence-electron chi connectivity index (χ1n) is 6.98. The number of anilines is 1. The van der Waals surface area contributed by atoms with Crippen molar-refractivity contribution in [1.82, 2.24) is 9.78 Å². The van der Waals surface area contributed by atoms with Crippen molar-refractivity contribution in [3.63, 3.8) is 0 Å². The Balaban J connectivity index is 2.13. The van der Waals surface area contributed by atoms with E-state index in [1.165, 1.54) is 4.68 Å². The highest BCUT2D eigenvalue weighted by atomic mass is 16.5. The average molecular weight is 287 g/mol. The molecule has 1 N–H and O–H groups in total. The number of aromatic nitrogens is 2. The van der Waals surface area contributed by atoms with Crippen LogP contribution in [0.4, 0.5) is 5.69 Å². The third kappa shape index (κ3) is 3.42. The van der Waals surface area contributed by atoms with E-state index in [4.69, 9.17) is 4.74 Å². The first-order valence-corrected chi connectivity index (χ1v) is 6.98. The smallest absolute Gasteiger partial charge is 0.271 e. The molecule has 0 aliphatic carbocycles. The van der Waals surface area contributed by atoms with Gasteiger partial charge in [-0.15, -0.1) is 0 Å². The van der Waals surface area contributed by atoms with Gasteiger partial charge in [0.2, 0.25) is 0 Å². The summed E-state index contributed by atoms with van der Waals surface area (Å²) < 4.78 is 6.62. The maximum Gasteiger partial charge on any atom is 0.271 e. The molecular formula is C16H21N3O2. The highest BCUT2D eigenvalue weighted by Crippen LogP contribution is 2.14. The van der Waals surface area contributed by atoms with E-state index in [1.54, 1.807) is 13.3 Å². The molecule has 1 aromatic carbocycles. The van der Waals surface area contributed by atoms with E-state index < -0.39 is 0 Å². The molecular weight excluding hydrogens is 266 g/mol. The average Bonchev–Trinajstić information content (AvgIpc) is 2.49. The molecule has 0 unspecified atom stereocenters. The van der Waals surface area contributed by atoms with Crippen molar-refractivity contribution in [2.24, 2.45) is 0 Å². The van der Waals surface area contributed by atoms with Crippen molar-refractivity contribution >= 4 is 5.69 Å². The van der Waals surface area contributed by atoms with Gasteiger partial charge >= 0.3 is 0 Å². The molecule has 0 amide bonds. The Labute approximate surface area is 124 Å². The fourth-order valence-electron chi connectivity index (χ4n) is 2.04. The summed E-state index contributed by atoms with van der Waals surface area (Å²) in [5.74, 6) is 0.830. The molecule has 0 aliphatic rings. The Morgan fingerprint density at radius 3 is 2.52 bits per heavy atom. The summed E-state index contributed by atoms with van der Waals surface area (Å²) in [5, 5.41) is 7.46. The summed E-state index contributed by atoms with van der Waals surface area (Å²) in [5.41, 5.74) is 2.52. The van der Waals surface area contributed by atoms with E-state index in [0.29, 0.717) is 12.1 Å². The van der Waals surface area contributed by atoms with E-state index in [-0.39, 0.29) is 11.6 Å². The van der Waals surface area contributed by atoms with Crippen LogP contribution in [-0.2, 0) is 6.54 Å². The van der Waals surface area contributed by atoms with E-state index in [2.05, 4.69) is 10.4 Å². The number of hydrogen-bond acceptors (Lipinski definition) is 4. The van der Waals surface area contributed by atoms with Crippen molar-refractivity contribution in [2.75, 3.05) is 12.4 Å². The molecule has 112 valence electrons. The van der Waals surface area contributed by atoms with Gasteiger partial charge in [0, 0.05) is 12.1 Å². The van der Waals surface area contributed by atoms with Crippen LogP contribution in [0.25, 0.3) is 0 Å². The molecule has 0 saturated carbocycles.